The van der Waals surface area contributed by atoms with E-state index in [9.17, 15) is 0 Å². The molecule has 3 aromatic heterocycles. The first-order chi connectivity index (χ1) is 10.2. The van der Waals surface area contributed by atoms with E-state index in [1.165, 1.54) is 0 Å². The second-order valence-electron chi connectivity index (χ2n) is 5.13. The van der Waals surface area contributed by atoms with Crippen LogP contribution in [0.2, 0.25) is 0 Å². The molecule has 0 fully saturated rings. The Balaban J connectivity index is 1.62. The molecule has 0 unspecified atom stereocenters. The normalized spacial score (nSPS) is 11.0. The molecule has 0 radical (unpaired) electrons. The summed E-state index contributed by atoms with van der Waals surface area (Å²) in [6, 6.07) is 6.19. The van der Waals surface area contributed by atoms with Crippen LogP contribution in [0.15, 0.2) is 49.2 Å². The molecule has 0 aliphatic rings. The lowest BCUT2D eigenvalue weighted by Crippen LogP contribution is -2.02. The fourth-order valence-electron chi connectivity index (χ4n) is 1.99. The highest BCUT2D eigenvalue weighted by molar-refractivity contribution is 5.43. The van der Waals surface area contributed by atoms with Crippen LogP contribution in [0.4, 0.5) is 5.69 Å². The van der Waals surface area contributed by atoms with Gasteiger partial charge in [0.15, 0.2) is 5.82 Å². The van der Waals surface area contributed by atoms with Crippen LogP contribution in [0.3, 0.4) is 0 Å². The molecule has 0 saturated heterocycles. The van der Waals surface area contributed by atoms with Crippen LogP contribution >= 0.6 is 0 Å². The maximum Gasteiger partial charge on any atom is 0.153 e. The summed E-state index contributed by atoms with van der Waals surface area (Å²) in [4.78, 5) is 4.38. The fraction of sp³-hybridized carbons (Fsp3) is 0.267. The van der Waals surface area contributed by atoms with Gasteiger partial charge in [-0.3, -0.25) is 4.68 Å². The van der Waals surface area contributed by atoms with Crippen molar-refractivity contribution in [3.63, 3.8) is 0 Å². The average molecular weight is 282 g/mol. The Kier molecular flexibility index (Phi) is 3.68. The lowest BCUT2D eigenvalue weighted by Gasteiger charge is -2.06. The number of pyridine rings is 1. The van der Waals surface area contributed by atoms with Crippen molar-refractivity contribution in [3.05, 3.63) is 54.7 Å². The van der Waals surface area contributed by atoms with Gasteiger partial charge in [-0.25, -0.2) is 9.67 Å². The van der Waals surface area contributed by atoms with Crippen molar-refractivity contribution in [1.29, 1.82) is 0 Å². The second kappa shape index (κ2) is 5.78. The van der Waals surface area contributed by atoms with Crippen LogP contribution in [0.1, 0.15) is 25.5 Å². The van der Waals surface area contributed by atoms with Gasteiger partial charge in [-0.05, 0) is 32.0 Å². The third kappa shape index (κ3) is 3.10. The van der Waals surface area contributed by atoms with E-state index in [0.29, 0.717) is 6.04 Å². The zero-order chi connectivity index (χ0) is 14.7. The summed E-state index contributed by atoms with van der Waals surface area (Å²) in [6.45, 7) is 4.96. The summed E-state index contributed by atoms with van der Waals surface area (Å²) < 4.78 is 3.69. The van der Waals surface area contributed by atoms with E-state index in [0.717, 1.165) is 23.6 Å². The molecule has 0 atom stereocenters. The van der Waals surface area contributed by atoms with Gasteiger partial charge in [-0.2, -0.15) is 10.2 Å². The van der Waals surface area contributed by atoms with Gasteiger partial charge >= 0.3 is 0 Å². The van der Waals surface area contributed by atoms with Crippen LogP contribution in [0, 0.1) is 0 Å². The van der Waals surface area contributed by atoms with Crippen molar-refractivity contribution in [2.45, 2.75) is 26.4 Å². The maximum absolute atomic E-state index is 4.38. The van der Waals surface area contributed by atoms with Crippen LogP contribution in [0.5, 0.6) is 0 Å². The van der Waals surface area contributed by atoms with Gasteiger partial charge < -0.3 is 5.32 Å². The summed E-state index contributed by atoms with van der Waals surface area (Å²) in [6.07, 6.45) is 9.36. The van der Waals surface area contributed by atoms with E-state index in [2.05, 4.69) is 40.5 Å². The minimum absolute atomic E-state index is 0.383. The van der Waals surface area contributed by atoms with Gasteiger partial charge in [-0.15, -0.1) is 0 Å². The van der Waals surface area contributed by atoms with Gasteiger partial charge in [0.2, 0.25) is 0 Å². The highest BCUT2D eigenvalue weighted by Gasteiger charge is 2.02. The third-order valence-electron chi connectivity index (χ3n) is 3.17. The first-order valence-corrected chi connectivity index (χ1v) is 6.95. The van der Waals surface area contributed by atoms with Crippen LogP contribution < -0.4 is 5.32 Å². The summed E-state index contributed by atoms with van der Waals surface area (Å²) >= 11 is 0. The molecule has 0 saturated carbocycles. The Labute approximate surface area is 123 Å². The van der Waals surface area contributed by atoms with Crippen LogP contribution in [-0.4, -0.2) is 24.5 Å². The minimum Gasteiger partial charge on any atom is -0.380 e. The molecule has 6 heteroatoms. The van der Waals surface area contributed by atoms with Crippen LogP contribution in [-0.2, 0) is 6.54 Å². The topological polar surface area (TPSA) is 60.6 Å². The number of nitrogens with zero attached hydrogens (tertiary/aromatic N) is 5. The standard InChI is InChI=1S/C15H18N6/c1-12(2)21-11-13(9-19-21)8-16-14-4-5-15(17-10-14)20-7-3-6-18-20/h3-7,9-12,16H,8H2,1-2H3. The highest BCUT2D eigenvalue weighted by Crippen LogP contribution is 2.11. The van der Waals surface area contributed by atoms with E-state index in [1.807, 2.05) is 41.5 Å². The Bertz CT molecular complexity index is 681. The molecule has 3 rings (SSSR count). The van der Waals surface area contributed by atoms with Crippen molar-refractivity contribution >= 4 is 5.69 Å². The minimum atomic E-state index is 0.383. The van der Waals surface area contributed by atoms with Crippen molar-refractivity contribution < 1.29 is 0 Å². The molecular weight excluding hydrogens is 264 g/mol. The van der Waals surface area contributed by atoms with Gasteiger partial charge in [0.25, 0.3) is 0 Å². The number of nitrogens with one attached hydrogen (secondary N) is 1. The fourth-order valence-corrected chi connectivity index (χ4v) is 1.99. The maximum atomic E-state index is 4.38. The molecule has 0 bridgehead atoms. The van der Waals surface area contributed by atoms with E-state index < -0.39 is 0 Å². The first-order valence-electron chi connectivity index (χ1n) is 6.95. The summed E-state index contributed by atoms with van der Waals surface area (Å²) in [5.74, 6) is 0.804. The number of aromatic nitrogens is 5. The molecule has 108 valence electrons. The summed E-state index contributed by atoms with van der Waals surface area (Å²) in [7, 11) is 0. The lowest BCUT2D eigenvalue weighted by atomic mass is 10.3. The number of hydrogen-bond donors (Lipinski definition) is 1. The predicted molar refractivity (Wildman–Crippen MR) is 81.3 cm³/mol. The van der Waals surface area contributed by atoms with E-state index in [-0.39, 0.29) is 0 Å². The van der Waals surface area contributed by atoms with Crippen molar-refractivity contribution in [2.75, 3.05) is 5.32 Å². The number of rotatable bonds is 5. The third-order valence-corrected chi connectivity index (χ3v) is 3.17. The molecule has 6 nitrogen and oxygen atoms in total. The smallest absolute Gasteiger partial charge is 0.153 e. The van der Waals surface area contributed by atoms with Gasteiger partial charge in [0.1, 0.15) is 0 Å². The molecule has 0 aliphatic carbocycles. The Morgan fingerprint density at radius 2 is 2.10 bits per heavy atom. The first kappa shape index (κ1) is 13.4. The van der Waals surface area contributed by atoms with Crippen molar-refractivity contribution in [3.8, 4) is 5.82 Å². The second-order valence-corrected chi connectivity index (χ2v) is 5.13. The van der Waals surface area contributed by atoms with E-state index in [4.69, 9.17) is 0 Å². The summed E-state index contributed by atoms with van der Waals surface area (Å²) in [5, 5.41) is 11.8. The number of hydrogen-bond acceptors (Lipinski definition) is 4. The highest BCUT2D eigenvalue weighted by atomic mass is 15.3. The molecule has 1 N–H and O–H groups in total. The molecule has 0 spiro atoms. The zero-order valence-corrected chi connectivity index (χ0v) is 12.1. The summed E-state index contributed by atoms with van der Waals surface area (Å²) in [5.41, 5.74) is 2.13. The molecule has 0 aliphatic heterocycles. The van der Waals surface area contributed by atoms with E-state index >= 15 is 0 Å². The van der Waals surface area contributed by atoms with Crippen molar-refractivity contribution in [2.24, 2.45) is 0 Å². The van der Waals surface area contributed by atoms with Crippen LogP contribution in [0.25, 0.3) is 5.82 Å². The average Bonchev–Trinajstić information content (AvgIpc) is 3.17. The molecule has 3 heterocycles. The molecular formula is C15H18N6. The molecule has 0 amide bonds. The molecule has 3 aromatic rings. The zero-order valence-electron chi connectivity index (χ0n) is 12.1. The lowest BCUT2D eigenvalue weighted by molar-refractivity contribution is 0.532. The Hall–Kier alpha value is -2.63. The van der Waals surface area contributed by atoms with E-state index in [1.54, 1.807) is 10.9 Å². The Morgan fingerprint density at radius 3 is 2.71 bits per heavy atom. The van der Waals surface area contributed by atoms with Gasteiger partial charge in [-0.1, -0.05) is 0 Å². The van der Waals surface area contributed by atoms with Crippen molar-refractivity contribution in [1.82, 2.24) is 24.5 Å². The Morgan fingerprint density at radius 1 is 1.19 bits per heavy atom. The SMILES string of the molecule is CC(C)n1cc(CNc2ccc(-n3cccn3)nc2)cn1. The predicted octanol–water partition coefficient (Wildman–Crippen LogP) is 2.66. The monoisotopic (exact) mass is 282 g/mol. The quantitative estimate of drug-likeness (QED) is 0.781. The largest absolute Gasteiger partial charge is 0.380 e. The van der Waals surface area contributed by atoms with Gasteiger partial charge in [0.05, 0.1) is 18.1 Å². The van der Waals surface area contributed by atoms with Gasteiger partial charge in [0, 0.05) is 36.7 Å². The molecule has 21 heavy (non-hydrogen) atoms. The number of anilines is 1. The molecule has 0 aromatic carbocycles.